The number of fused-ring (bicyclic) bond motifs is 1. The maximum absolute atomic E-state index is 12.6. The van der Waals surface area contributed by atoms with E-state index >= 15 is 0 Å². The van der Waals surface area contributed by atoms with E-state index in [9.17, 15) is 9.59 Å². The van der Waals surface area contributed by atoms with Crippen LogP contribution in [0.3, 0.4) is 0 Å². The molecule has 3 heterocycles. The number of pyridine rings is 1. The molecule has 2 amide bonds. The Labute approximate surface area is 132 Å². The fourth-order valence-electron chi connectivity index (χ4n) is 2.95. The van der Waals surface area contributed by atoms with Crippen molar-refractivity contribution in [1.82, 2.24) is 4.98 Å². The summed E-state index contributed by atoms with van der Waals surface area (Å²) in [5.74, 6) is 0.482. The summed E-state index contributed by atoms with van der Waals surface area (Å²) in [4.78, 5) is 30.2. The molecule has 23 heavy (non-hydrogen) atoms. The van der Waals surface area contributed by atoms with E-state index in [0.29, 0.717) is 23.6 Å². The lowest BCUT2D eigenvalue weighted by atomic mass is 9.99. The highest BCUT2D eigenvalue weighted by molar-refractivity contribution is 6.21. The monoisotopic (exact) mass is 310 g/mol. The second-order valence-corrected chi connectivity index (χ2v) is 5.57. The maximum atomic E-state index is 12.6. The molecule has 2 aromatic rings. The lowest BCUT2D eigenvalue weighted by Crippen LogP contribution is -2.30. The van der Waals surface area contributed by atoms with Crippen molar-refractivity contribution in [2.45, 2.75) is 12.8 Å². The first-order valence-corrected chi connectivity index (χ1v) is 7.38. The average molecular weight is 310 g/mol. The molecule has 0 saturated carbocycles. The van der Waals surface area contributed by atoms with E-state index in [2.05, 4.69) is 4.98 Å². The number of ether oxygens (including phenoxy) is 2. The van der Waals surface area contributed by atoms with Crippen LogP contribution in [0.4, 0.5) is 5.69 Å². The quantitative estimate of drug-likeness (QED) is 0.810. The molecule has 2 aliphatic heterocycles. The highest BCUT2D eigenvalue weighted by Gasteiger charge is 2.39. The first-order valence-electron chi connectivity index (χ1n) is 7.38. The number of imide groups is 1. The molecule has 1 atom stereocenters. The molecule has 1 unspecified atom stereocenters. The maximum Gasteiger partial charge on any atom is 0.237 e. The van der Waals surface area contributed by atoms with E-state index in [1.54, 1.807) is 30.6 Å². The Morgan fingerprint density at radius 1 is 1.09 bits per heavy atom. The number of nitrogens with zero attached hydrogens (tertiary/aromatic N) is 2. The first-order chi connectivity index (χ1) is 11.2. The summed E-state index contributed by atoms with van der Waals surface area (Å²) in [7, 11) is 0. The zero-order valence-electron chi connectivity index (χ0n) is 12.3. The second-order valence-electron chi connectivity index (χ2n) is 5.57. The number of anilines is 1. The van der Waals surface area contributed by atoms with Gasteiger partial charge in [-0.1, -0.05) is 0 Å². The van der Waals surface area contributed by atoms with Crippen LogP contribution in [0.25, 0.3) is 0 Å². The minimum Gasteiger partial charge on any atom is -0.454 e. The zero-order chi connectivity index (χ0) is 15.8. The van der Waals surface area contributed by atoms with Crippen LogP contribution in [0, 0.1) is 5.92 Å². The van der Waals surface area contributed by atoms with Crippen molar-refractivity contribution in [2.75, 3.05) is 11.7 Å². The second kappa shape index (κ2) is 5.39. The Hall–Kier alpha value is -2.89. The smallest absolute Gasteiger partial charge is 0.237 e. The molecule has 0 aliphatic carbocycles. The summed E-state index contributed by atoms with van der Waals surface area (Å²) >= 11 is 0. The normalized spacial score (nSPS) is 19.5. The van der Waals surface area contributed by atoms with Crippen LogP contribution in [0.1, 0.15) is 12.0 Å². The first kappa shape index (κ1) is 13.8. The fourth-order valence-corrected chi connectivity index (χ4v) is 2.95. The molecular formula is C17H14N2O4. The molecule has 0 spiro atoms. The summed E-state index contributed by atoms with van der Waals surface area (Å²) in [5, 5.41) is 0. The Bertz CT molecular complexity index is 775. The lowest BCUT2D eigenvalue weighted by molar-refractivity contribution is -0.122. The van der Waals surface area contributed by atoms with Crippen LogP contribution in [0.2, 0.25) is 0 Å². The van der Waals surface area contributed by atoms with Crippen molar-refractivity contribution in [3.63, 3.8) is 0 Å². The van der Waals surface area contributed by atoms with Gasteiger partial charge in [0.1, 0.15) is 0 Å². The van der Waals surface area contributed by atoms with Gasteiger partial charge in [0, 0.05) is 24.9 Å². The number of aromatic nitrogens is 1. The number of amides is 2. The largest absolute Gasteiger partial charge is 0.454 e. The van der Waals surface area contributed by atoms with Crippen molar-refractivity contribution >= 4 is 17.5 Å². The molecule has 2 aliphatic rings. The standard InChI is InChI=1S/C17H14N2O4/c20-16-8-12(7-11-3-5-18-6-4-11)17(21)19(16)13-1-2-14-15(9-13)23-10-22-14/h1-6,9,12H,7-8,10H2. The molecule has 1 aromatic heterocycles. The van der Waals surface area contributed by atoms with Gasteiger partial charge in [0.25, 0.3) is 0 Å². The fraction of sp³-hybridized carbons (Fsp3) is 0.235. The minimum atomic E-state index is -0.338. The van der Waals surface area contributed by atoms with Crippen LogP contribution < -0.4 is 14.4 Å². The van der Waals surface area contributed by atoms with Gasteiger partial charge in [-0.3, -0.25) is 19.5 Å². The van der Waals surface area contributed by atoms with Gasteiger partial charge in [-0.15, -0.1) is 0 Å². The summed E-state index contributed by atoms with van der Waals surface area (Å²) in [6.45, 7) is 0.158. The predicted octanol–water partition coefficient (Wildman–Crippen LogP) is 1.93. The highest BCUT2D eigenvalue weighted by atomic mass is 16.7. The van der Waals surface area contributed by atoms with E-state index in [1.165, 1.54) is 4.90 Å². The number of hydrogen-bond donors (Lipinski definition) is 0. The van der Waals surface area contributed by atoms with Gasteiger partial charge in [0.2, 0.25) is 18.6 Å². The molecule has 0 bridgehead atoms. The number of carbonyl (C=O) groups excluding carboxylic acids is 2. The molecule has 6 nitrogen and oxygen atoms in total. The molecule has 4 rings (SSSR count). The number of hydrogen-bond acceptors (Lipinski definition) is 5. The van der Waals surface area contributed by atoms with Gasteiger partial charge in [-0.05, 0) is 36.2 Å². The number of rotatable bonds is 3. The van der Waals surface area contributed by atoms with E-state index in [0.717, 1.165) is 5.56 Å². The van der Waals surface area contributed by atoms with Crippen molar-refractivity contribution in [1.29, 1.82) is 0 Å². The molecule has 6 heteroatoms. The summed E-state index contributed by atoms with van der Waals surface area (Å²) < 4.78 is 10.6. The number of carbonyl (C=O) groups is 2. The van der Waals surface area contributed by atoms with Crippen molar-refractivity contribution < 1.29 is 19.1 Å². The average Bonchev–Trinajstić information content (AvgIpc) is 3.13. The van der Waals surface area contributed by atoms with Crippen LogP contribution in [0.5, 0.6) is 11.5 Å². The molecule has 116 valence electrons. The van der Waals surface area contributed by atoms with Crippen molar-refractivity contribution in [2.24, 2.45) is 5.92 Å². The number of benzene rings is 1. The minimum absolute atomic E-state index is 0.158. The molecule has 1 fully saturated rings. The predicted molar refractivity (Wildman–Crippen MR) is 81.1 cm³/mol. The third kappa shape index (κ3) is 2.42. The summed E-state index contributed by atoms with van der Waals surface area (Å²) in [6.07, 6.45) is 4.13. The molecular weight excluding hydrogens is 296 g/mol. The van der Waals surface area contributed by atoms with Gasteiger partial charge in [-0.25, -0.2) is 0 Å². The molecule has 1 saturated heterocycles. The van der Waals surface area contributed by atoms with E-state index < -0.39 is 0 Å². The van der Waals surface area contributed by atoms with Gasteiger partial charge in [-0.2, -0.15) is 0 Å². The van der Waals surface area contributed by atoms with Crippen molar-refractivity contribution in [3.8, 4) is 11.5 Å². The van der Waals surface area contributed by atoms with Gasteiger partial charge in [0.05, 0.1) is 11.6 Å². The summed E-state index contributed by atoms with van der Waals surface area (Å²) in [6, 6.07) is 8.82. The zero-order valence-corrected chi connectivity index (χ0v) is 12.3. The Kier molecular flexibility index (Phi) is 3.22. The molecule has 1 aromatic carbocycles. The van der Waals surface area contributed by atoms with Crippen LogP contribution in [0.15, 0.2) is 42.7 Å². The van der Waals surface area contributed by atoms with Crippen molar-refractivity contribution in [3.05, 3.63) is 48.3 Å². The Morgan fingerprint density at radius 2 is 1.87 bits per heavy atom. The SMILES string of the molecule is O=C1CC(Cc2ccncc2)C(=O)N1c1ccc2c(c1)OCO2. The van der Waals surface area contributed by atoms with E-state index in [-0.39, 0.29) is 30.9 Å². The van der Waals surface area contributed by atoms with Crippen LogP contribution in [-0.4, -0.2) is 23.6 Å². The third-order valence-corrected chi connectivity index (χ3v) is 4.09. The lowest BCUT2D eigenvalue weighted by Gasteiger charge is -2.15. The molecule has 0 radical (unpaired) electrons. The van der Waals surface area contributed by atoms with E-state index in [4.69, 9.17) is 9.47 Å². The highest BCUT2D eigenvalue weighted by Crippen LogP contribution is 2.37. The Morgan fingerprint density at radius 3 is 2.70 bits per heavy atom. The van der Waals surface area contributed by atoms with Gasteiger partial charge >= 0.3 is 0 Å². The molecule has 0 N–H and O–H groups in total. The third-order valence-electron chi connectivity index (χ3n) is 4.09. The Balaban J connectivity index is 1.58. The van der Waals surface area contributed by atoms with Crippen LogP contribution >= 0.6 is 0 Å². The summed E-state index contributed by atoms with van der Waals surface area (Å²) in [5.41, 5.74) is 1.53. The van der Waals surface area contributed by atoms with Crippen LogP contribution in [-0.2, 0) is 16.0 Å². The van der Waals surface area contributed by atoms with Gasteiger partial charge < -0.3 is 9.47 Å². The topological polar surface area (TPSA) is 68.7 Å². The van der Waals surface area contributed by atoms with E-state index in [1.807, 2.05) is 12.1 Å². The van der Waals surface area contributed by atoms with Gasteiger partial charge in [0.15, 0.2) is 11.5 Å².